The fourth-order valence-corrected chi connectivity index (χ4v) is 5.71. The van der Waals surface area contributed by atoms with Crippen molar-refractivity contribution < 1.29 is 14.3 Å². The molecule has 1 amide bonds. The first-order valence-electron chi connectivity index (χ1n) is 12.7. The van der Waals surface area contributed by atoms with Gasteiger partial charge in [-0.25, -0.2) is 4.98 Å². The van der Waals surface area contributed by atoms with Crippen molar-refractivity contribution in [3.8, 4) is 16.9 Å². The highest BCUT2D eigenvalue weighted by atomic mass is 32.1. The zero-order valence-corrected chi connectivity index (χ0v) is 22.7. The minimum Gasteiger partial charge on any atom is -0.490 e. The largest absolute Gasteiger partial charge is 0.490 e. The molecule has 1 aromatic carbocycles. The molecule has 0 fully saturated rings. The molecule has 194 valence electrons. The van der Waals surface area contributed by atoms with Crippen LogP contribution in [0.5, 0.6) is 5.75 Å². The summed E-state index contributed by atoms with van der Waals surface area (Å²) in [6, 6.07) is 6.10. The van der Waals surface area contributed by atoms with Gasteiger partial charge in [0.05, 0.1) is 24.1 Å². The van der Waals surface area contributed by atoms with E-state index in [0.29, 0.717) is 43.0 Å². The number of amides is 1. The predicted molar refractivity (Wildman–Crippen MR) is 146 cm³/mol. The van der Waals surface area contributed by atoms with Gasteiger partial charge >= 0.3 is 0 Å². The van der Waals surface area contributed by atoms with Crippen molar-refractivity contribution in [3.05, 3.63) is 53.3 Å². The first kappa shape index (κ1) is 25.2. The Morgan fingerprint density at radius 3 is 2.89 bits per heavy atom. The summed E-state index contributed by atoms with van der Waals surface area (Å²) in [5.41, 5.74) is 4.18. The van der Waals surface area contributed by atoms with E-state index < -0.39 is 0 Å². The Kier molecular flexibility index (Phi) is 6.66. The van der Waals surface area contributed by atoms with Crippen LogP contribution in [0.1, 0.15) is 55.9 Å². The number of anilines is 2. The van der Waals surface area contributed by atoms with Gasteiger partial charge in [0.1, 0.15) is 17.2 Å². The molecule has 0 radical (unpaired) electrons. The standard InChI is InChI=1S/C28H33N5O3S/c1-17(2)18(3)23(34)7-6-10-32-16-20(15-29-32)19-8-9-24-22(13-19)33(11-12-36-24)27-30-21-14-28(4,5)31-26(35)25(21)37-27/h8-9,13,15-17H,3,6-7,10-12,14H2,1-2,4-5H3,(H,31,35). The number of hydrogen-bond donors (Lipinski definition) is 1. The van der Waals surface area contributed by atoms with Crippen LogP contribution in [0.15, 0.2) is 42.7 Å². The lowest BCUT2D eigenvalue weighted by atomic mass is 9.94. The van der Waals surface area contributed by atoms with Crippen LogP contribution in [0, 0.1) is 5.92 Å². The Morgan fingerprint density at radius 2 is 2.11 bits per heavy atom. The number of benzene rings is 1. The van der Waals surface area contributed by atoms with E-state index in [1.807, 2.05) is 56.9 Å². The van der Waals surface area contributed by atoms with Crippen LogP contribution in [-0.2, 0) is 17.8 Å². The van der Waals surface area contributed by atoms with Crippen LogP contribution in [0.3, 0.4) is 0 Å². The zero-order valence-electron chi connectivity index (χ0n) is 21.8. The lowest BCUT2D eigenvalue weighted by Gasteiger charge is -2.29. The van der Waals surface area contributed by atoms with E-state index in [1.165, 1.54) is 11.3 Å². The number of aryl methyl sites for hydroxylation is 1. The molecule has 9 heteroatoms. The number of carbonyl (C=O) groups is 2. The van der Waals surface area contributed by atoms with Gasteiger partial charge in [-0.15, -0.1) is 0 Å². The third-order valence-electron chi connectivity index (χ3n) is 6.82. The molecule has 0 bridgehead atoms. The molecular weight excluding hydrogens is 486 g/mol. The van der Waals surface area contributed by atoms with Gasteiger partial charge in [-0.05, 0) is 49.5 Å². The van der Waals surface area contributed by atoms with E-state index in [2.05, 4.69) is 28.0 Å². The van der Waals surface area contributed by atoms with Crippen molar-refractivity contribution >= 4 is 33.8 Å². The van der Waals surface area contributed by atoms with Crippen LogP contribution >= 0.6 is 11.3 Å². The van der Waals surface area contributed by atoms with E-state index in [9.17, 15) is 9.59 Å². The number of thiazole rings is 1. The number of aromatic nitrogens is 3. The smallest absolute Gasteiger partial charge is 0.263 e. The van der Waals surface area contributed by atoms with Gasteiger partial charge in [-0.1, -0.05) is 37.8 Å². The van der Waals surface area contributed by atoms with Gasteiger partial charge < -0.3 is 15.0 Å². The van der Waals surface area contributed by atoms with E-state index >= 15 is 0 Å². The summed E-state index contributed by atoms with van der Waals surface area (Å²) < 4.78 is 7.81. The highest BCUT2D eigenvalue weighted by molar-refractivity contribution is 7.17. The lowest BCUT2D eigenvalue weighted by Crippen LogP contribution is -2.48. The molecule has 0 atom stereocenters. The molecule has 0 aliphatic carbocycles. The molecule has 3 aromatic rings. The summed E-state index contributed by atoms with van der Waals surface area (Å²) in [6.07, 6.45) is 5.75. The maximum absolute atomic E-state index is 12.6. The van der Waals surface area contributed by atoms with Crippen molar-refractivity contribution in [2.24, 2.45) is 5.92 Å². The SMILES string of the molecule is C=C(C(=O)CCCn1cc(-c2ccc3c(c2)N(c2nc4c(s2)C(=O)NC(C)(C)C4)CCO3)cn1)C(C)C. The topological polar surface area (TPSA) is 89.4 Å². The molecule has 5 rings (SSSR count). The van der Waals surface area contributed by atoms with Gasteiger partial charge in [0.25, 0.3) is 5.91 Å². The Balaban J connectivity index is 1.34. The molecule has 0 saturated heterocycles. The number of ketones is 1. The number of Topliss-reactive ketones (excluding diaryl/α,β-unsaturated/α-hetero) is 1. The molecule has 0 spiro atoms. The summed E-state index contributed by atoms with van der Waals surface area (Å²) in [7, 11) is 0. The van der Waals surface area contributed by atoms with Gasteiger partial charge in [-0.3, -0.25) is 14.3 Å². The summed E-state index contributed by atoms with van der Waals surface area (Å²) in [6.45, 7) is 13.8. The number of fused-ring (bicyclic) bond motifs is 2. The summed E-state index contributed by atoms with van der Waals surface area (Å²) in [5.74, 6) is 1.04. The quantitative estimate of drug-likeness (QED) is 0.414. The van der Waals surface area contributed by atoms with Gasteiger partial charge in [-0.2, -0.15) is 5.10 Å². The highest BCUT2D eigenvalue weighted by Gasteiger charge is 2.34. The third-order valence-corrected chi connectivity index (χ3v) is 7.94. The minimum atomic E-state index is -0.304. The fourth-order valence-electron chi connectivity index (χ4n) is 4.69. The fraction of sp³-hybridized carbons (Fsp3) is 0.429. The molecule has 2 aliphatic heterocycles. The van der Waals surface area contributed by atoms with Gasteiger partial charge in [0.2, 0.25) is 0 Å². The first-order chi connectivity index (χ1) is 17.6. The van der Waals surface area contributed by atoms with Crippen molar-refractivity contribution in [2.45, 2.75) is 59.0 Å². The van der Waals surface area contributed by atoms with E-state index in [-0.39, 0.29) is 23.1 Å². The molecule has 1 N–H and O–H groups in total. The summed E-state index contributed by atoms with van der Waals surface area (Å²) in [4.78, 5) is 32.6. The average Bonchev–Trinajstić information content (AvgIpc) is 3.49. The maximum atomic E-state index is 12.6. The maximum Gasteiger partial charge on any atom is 0.263 e. The number of nitrogens with one attached hydrogen (secondary N) is 1. The molecule has 8 nitrogen and oxygen atoms in total. The Labute approximate surface area is 221 Å². The average molecular weight is 520 g/mol. The van der Waals surface area contributed by atoms with Crippen molar-refractivity contribution in [3.63, 3.8) is 0 Å². The van der Waals surface area contributed by atoms with Gasteiger partial charge in [0.15, 0.2) is 10.9 Å². The Hall–Kier alpha value is -3.46. The second-order valence-corrected chi connectivity index (χ2v) is 11.6. The minimum absolute atomic E-state index is 0.0557. The summed E-state index contributed by atoms with van der Waals surface area (Å²) >= 11 is 1.43. The molecule has 4 heterocycles. The number of hydrogen-bond acceptors (Lipinski definition) is 7. The number of carbonyl (C=O) groups excluding carboxylic acids is 2. The first-order valence-corrected chi connectivity index (χ1v) is 13.5. The van der Waals surface area contributed by atoms with Crippen LogP contribution in [0.25, 0.3) is 11.1 Å². The highest BCUT2D eigenvalue weighted by Crippen LogP contribution is 2.42. The predicted octanol–water partition coefficient (Wildman–Crippen LogP) is 5.16. The molecule has 0 unspecified atom stereocenters. The number of nitrogens with zero attached hydrogens (tertiary/aromatic N) is 4. The van der Waals surface area contributed by atoms with E-state index in [1.54, 1.807) is 0 Å². The Morgan fingerprint density at radius 1 is 1.30 bits per heavy atom. The second kappa shape index (κ2) is 9.78. The van der Waals surface area contributed by atoms with E-state index in [4.69, 9.17) is 9.72 Å². The Bertz CT molecular complexity index is 1370. The third kappa shape index (κ3) is 5.18. The molecule has 37 heavy (non-hydrogen) atoms. The van der Waals surface area contributed by atoms with Crippen LogP contribution < -0.4 is 15.0 Å². The second-order valence-electron chi connectivity index (χ2n) is 10.7. The molecule has 0 saturated carbocycles. The van der Waals surface area contributed by atoms with Crippen molar-refractivity contribution in [2.75, 3.05) is 18.1 Å². The van der Waals surface area contributed by atoms with Gasteiger partial charge in [0, 0.05) is 36.7 Å². The number of rotatable bonds is 8. The van der Waals surface area contributed by atoms with Crippen LogP contribution in [0.4, 0.5) is 10.8 Å². The van der Waals surface area contributed by atoms with Crippen LogP contribution in [0.2, 0.25) is 0 Å². The normalized spacial score (nSPS) is 16.1. The number of ether oxygens (including phenoxy) is 1. The number of allylic oxidation sites excluding steroid dienone is 1. The zero-order chi connectivity index (χ0) is 26.3. The molecular formula is C28H33N5O3S. The summed E-state index contributed by atoms with van der Waals surface area (Å²) in [5, 5.41) is 8.38. The van der Waals surface area contributed by atoms with E-state index in [0.717, 1.165) is 39.8 Å². The molecule has 2 aromatic heterocycles. The molecule has 2 aliphatic rings. The van der Waals surface area contributed by atoms with Crippen molar-refractivity contribution in [1.29, 1.82) is 0 Å². The van der Waals surface area contributed by atoms with Crippen molar-refractivity contribution in [1.82, 2.24) is 20.1 Å². The lowest BCUT2D eigenvalue weighted by molar-refractivity contribution is -0.116. The monoisotopic (exact) mass is 519 g/mol. The van der Waals surface area contributed by atoms with Crippen LogP contribution in [-0.4, -0.2) is 45.1 Å².